The number of amides is 1. The van der Waals surface area contributed by atoms with Gasteiger partial charge in [-0.25, -0.2) is 0 Å². The Morgan fingerprint density at radius 2 is 2.00 bits per heavy atom. The summed E-state index contributed by atoms with van der Waals surface area (Å²) in [4.78, 5) is 14.5. The summed E-state index contributed by atoms with van der Waals surface area (Å²) >= 11 is 0. The molecule has 0 aromatic carbocycles. The molecule has 0 aliphatic carbocycles. The molecule has 0 saturated carbocycles. The standard InChI is InChI=1S/C17H29N3O3/c1-11(20-9-12(2)22-13(3)10-20)8-18-17(21)7-6-16-14(4)19-23-15(16)5/h11-13H,6-10H2,1-5H3,(H,18,21)/t11-,12-,13+/m1/s1. The van der Waals surface area contributed by atoms with Crippen LogP contribution in [-0.2, 0) is 16.0 Å². The summed E-state index contributed by atoms with van der Waals surface area (Å²) in [5.74, 6) is 0.881. The minimum atomic E-state index is 0.0752. The van der Waals surface area contributed by atoms with E-state index in [2.05, 4.69) is 36.1 Å². The van der Waals surface area contributed by atoms with Gasteiger partial charge in [0, 0.05) is 37.7 Å². The Morgan fingerprint density at radius 3 is 2.57 bits per heavy atom. The molecule has 3 atom stereocenters. The lowest BCUT2D eigenvalue weighted by Gasteiger charge is -2.39. The zero-order valence-electron chi connectivity index (χ0n) is 14.9. The van der Waals surface area contributed by atoms with Crippen LogP contribution in [0.5, 0.6) is 0 Å². The molecule has 1 N–H and O–H groups in total. The number of carbonyl (C=O) groups excluding carboxylic acids is 1. The molecule has 0 radical (unpaired) electrons. The Labute approximate surface area is 138 Å². The molecule has 1 aromatic heterocycles. The van der Waals surface area contributed by atoms with E-state index in [1.165, 1.54) is 0 Å². The Morgan fingerprint density at radius 1 is 1.35 bits per heavy atom. The van der Waals surface area contributed by atoms with Crippen molar-refractivity contribution in [3.63, 3.8) is 0 Å². The van der Waals surface area contributed by atoms with Gasteiger partial charge in [-0.15, -0.1) is 0 Å². The maximum absolute atomic E-state index is 12.1. The molecule has 1 amide bonds. The van der Waals surface area contributed by atoms with Crippen molar-refractivity contribution in [2.45, 2.75) is 65.7 Å². The van der Waals surface area contributed by atoms with Gasteiger partial charge in [0.15, 0.2) is 0 Å². The van der Waals surface area contributed by atoms with Gasteiger partial charge in [0.05, 0.1) is 17.9 Å². The van der Waals surface area contributed by atoms with E-state index in [1.807, 2.05) is 13.8 Å². The van der Waals surface area contributed by atoms with Crippen LogP contribution < -0.4 is 5.32 Å². The molecular formula is C17H29N3O3. The summed E-state index contributed by atoms with van der Waals surface area (Å²) in [6.07, 6.45) is 1.63. The SMILES string of the molecule is Cc1noc(C)c1CCC(=O)NC[C@@H](C)N1C[C@@H](C)O[C@@H](C)C1. The van der Waals surface area contributed by atoms with Gasteiger partial charge in [0.25, 0.3) is 0 Å². The maximum Gasteiger partial charge on any atom is 0.220 e. The first kappa shape index (κ1) is 17.9. The number of aryl methyl sites for hydroxylation is 2. The largest absolute Gasteiger partial charge is 0.373 e. The topological polar surface area (TPSA) is 67.6 Å². The first-order valence-corrected chi connectivity index (χ1v) is 8.44. The highest BCUT2D eigenvalue weighted by Gasteiger charge is 2.25. The van der Waals surface area contributed by atoms with E-state index in [-0.39, 0.29) is 18.1 Å². The van der Waals surface area contributed by atoms with Crippen LogP contribution in [-0.4, -0.2) is 53.8 Å². The fourth-order valence-electron chi connectivity index (χ4n) is 3.15. The van der Waals surface area contributed by atoms with Gasteiger partial charge in [-0.2, -0.15) is 0 Å². The average molecular weight is 323 g/mol. The maximum atomic E-state index is 12.1. The Balaban J connectivity index is 1.73. The van der Waals surface area contributed by atoms with Crippen molar-refractivity contribution in [1.29, 1.82) is 0 Å². The Kier molecular flexibility index (Phi) is 6.18. The lowest BCUT2D eigenvalue weighted by atomic mass is 10.1. The van der Waals surface area contributed by atoms with Crippen molar-refractivity contribution in [2.24, 2.45) is 0 Å². The van der Waals surface area contributed by atoms with E-state index in [4.69, 9.17) is 9.26 Å². The lowest BCUT2D eigenvalue weighted by molar-refractivity contribution is -0.121. The van der Waals surface area contributed by atoms with E-state index < -0.39 is 0 Å². The number of morpholine rings is 1. The third kappa shape index (κ3) is 5.04. The van der Waals surface area contributed by atoms with Crippen LogP contribution in [0.3, 0.4) is 0 Å². The number of carbonyl (C=O) groups is 1. The molecule has 0 bridgehead atoms. The minimum Gasteiger partial charge on any atom is -0.373 e. The number of aromatic nitrogens is 1. The third-order valence-corrected chi connectivity index (χ3v) is 4.45. The Bertz CT molecular complexity index is 500. The molecule has 130 valence electrons. The summed E-state index contributed by atoms with van der Waals surface area (Å²) in [6.45, 7) is 12.6. The first-order chi connectivity index (χ1) is 10.9. The van der Waals surface area contributed by atoms with Crippen LogP contribution >= 0.6 is 0 Å². The second-order valence-corrected chi connectivity index (χ2v) is 6.67. The minimum absolute atomic E-state index is 0.0752. The smallest absolute Gasteiger partial charge is 0.220 e. The molecule has 23 heavy (non-hydrogen) atoms. The average Bonchev–Trinajstić information content (AvgIpc) is 2.80. The van der Waals surface area contributed by atoms with Gasteiger partial charge < -0.3 is 14.6 Å². The van der Waals surface area contributed by atoms with Crippen LogP contribution in [0.4, 0.5) is 0 Å². The van der Waals surface area contributed by atoms with Crippen molar-refractivity contribution in [3.05, 3.63) is 17.0 Å². The molecule has 1 aromatic rings. The van der Waals surface area contributed by atoms with E-state index in [0.717, 1.165) is 30.1 Å². The molecule has 0 unspecified atom stereocenters. The van der Waals surface area contributed by atoms with Gasteiger partial charge >= 0.3 is 0 Å². The third-order valence-electron chi connectivity index (χ3n) is 4.45. The van der Waals surface area contributed by atoms with Crippen molar-refractivity contribution in [1.82, 2.24) is 15.4 Å². The number of hydrogen-bond donors (Lipinski definition) is 1. The van der Waals surface area contributed by atoms with Gasteiger partial charge in [-0.3, -0.25) is 9.69 Å². The van der Waals surface area contributed by atoms with Gasteiger partial charge in [0.1, 0.15) is 5.76 Å². The summed E-state index contributed by atoms with van der Waals surface area (Å²) < 4.78 is 10.9. The second kappa shape index (κ2) is 7.93. The van der Waals surface area contributed by atoms with Crippen molar-refractivity contribution in [2.75, 3.05) is 19.6 Å². The van der Waals surface area contributed by atoms with Crippen molar-refractivity contribution < 1.29 is 14.1 Å². The quantitative estimate of drug-likeness (QED) is 0.865. The van der Waals surface area contributed by atoms with Crippen LogP contribution in [0, 0.1) is 13.8 Å². The van der Waals surface area contributed by atoms with Crippen molar-refractivity contribution in [3.8, 4) is 0 Å². The highest BCUT2D eigenvalue weighted by Crippen LogP contribution is 2.15. The highest BCUT2D eigenvalue weighted by molar-refractivity contribution is 5.76. The summed E-state index contributed by atoms with van der Waals surface area (Å²) in [5, 5.41) is 6.96. The van der Waals surface area contributed by atoms with E-state index in [0.29, 0.717) is 25.4 Å². The molecule has 1 aliphatic rings. The molecule has 1 fully saturated rings. The number of nitrogens with one attached hydrogen (secondary N) is 1. The van der Waals surface area contributed by atoms with Gasteiger partial charge in [0.2, 0.25) is 5.91 Å². The van der Waals surface area contributed by atoms with Crippen molar-refractivity contribution >= 4 is 5.91 Å². The number of nitrogens with zero attached hydrogens (tertiary/aromatic N) is 2. The first-order valence-electron chi connectivity index (χ1n) is 8.44. The normalized spacial score (nSPS) is 23.7. The molecule has 6 nitrogen and oxygen atoms in total. The molecule has 0 spiro atoms. The molecule has 1 saturated heterocycles. The molecule has 2 heterocycles. The second-order valence-electron chi connectivity index (χ2n) is 6.67. The Hall–Kier alpha value is -1.40. The van der Waals surface area contributed by atoms with E-state index in [9.17, 15) is 4.79 Å². The number of ether oxygens (including phenoxy) is 1. The molecular weight excluding hydrogens is 294 g/mol. The van der Waals surface area contributed by atoms with Gasteiger partial charge in [-0.1, -0.05) is 5.16 Å². The van der Waals surface area contributed by atoms with E-state index >= 15 is 0 Å². The highest BCUT2D eigenvalue weighted by atomic mass is 16.5. The predicted molar refractivity (Wildman–Crippen MR) is 88.4 cm³/mol. The fourth-order valence-corrected chi connectivity index (χ4v) is 3.15. The number of hydrogen-bond acceptors (Lipinski definition) is 5. The molecule has 2 rings (SSSR count). The monoisotopic (exact) mass is 323 g/mol. The molecule has 1 aliphatic heterocycles. The van der Waals surface area contributed by atoms with Crippen LogP contribution in [0.15, 0.2) is 4.52 Å². The summed E-state index contributed by atoms with van der Waals surface area (Å²) in [7, 11) is 0. The zero-order chi connectivity index (χ0) is 17.0. The summed E-state index contributed by atoms with van der Waals surface area (Å²) in [6, 6.07) is 0.312. The molecule has 6 heteroatoms. The number of rotatable bonds is 6. The van der Waals surface area contributed by atoms with Crippen LogP contribution in [0.2, 0.25) is 0 Å². The zero-order valence-corrected chi connectivity index (χ0v) is 14.9. The lowest BCUT2D eigenvalue weighted by Crippen LogP contribution is -2.52. The fraction of sp³-hybridized carbons (Fsp3) is 0.765. The van der Waals surface area contributed by atoms with Crippen LogP contribution in [0.25, 0.3) is 0 Å². The predicted octanol–water partition coefficient (Wildman–Crippen LogP) is 1.84. The van der Waals surface area contributed by atoms with Gasteiger partial charge in [-0.05, 0) is 41.0 Å². The van der Waals surface area contributed by atoms with E-state index in [1.54, 1.807) is 0 Å². The van der Waals surface area contributed by atoms with Crippen LogP contribution in [0.1, 0.15) is 44.2 Å². The summed E-state index contributed by atoms with van der Waals surface area (Å²) in [5.41, 5.74) is 1.92.